The van der Waals surface area contributed by atoms with E-state index in [1.54, 1.807) is 0 Å². The Morgan fingerprint density at radius 1 is 0.640 bits per heavy atom. The SMILES string of the molecule is CCCCCCCCCCCCOP(=O)(O)OP(=O)(O)OP(=O)(O)O. The Morgan fingerprint density at radius 2 is 1.08 bits per heavy atom. The second-order valence-corrected chi connectivity index (χ2v) is 10.0. The maximum Gasteiger partial charge on any atom is 0.490 e. The highest BCUT2D eigenvalue weighted by Crippen LogP contribution is 2.66. The third-order valence-electron chi connectivity index (χ3n) is 3.17. The van der Waals surface area contributed by atoms with Gasteiger partial charge in [0.1, 0.15) is 0 Å². The average Bonchev–Trinajstić information content (AvgIpc) is 2.40. The molecule has 152 valence electrons. The third kappa shape index (κ3) is 17.6. The lowest BCUT2D eigenvalue weighted by Crippen LogP contribution is -1.98. The second kappa shape index (κ2) is 12.7. The maximum atomic E-state index is 11.4. The van der Waals surface area contributed by atoms with Crippen LogP contribution in [-0.2, 0) is 26.8 Å². The Kier molecular flexibility index (Phi) is 12.9. The van der Waals surface area contributed by atoms with Gasteiger partial charge in [-0.25, -0.2) is 13.7 Å². The van der Waals surface area contributed by atoms with E-state index in [1.807, 2.05) is 0 Å². The first-order chi connectivity index (χ1) is 11.5. The van der Waals surface area contributed by atoms with Crippen molar-refractivity contribution >= 4 is 23.5 Å². The molecule has 0 saturated carbocycles. The monoisotopic (exact) mass is 426 g/mol. The van der Waals surface area contributed by atoms with Crippen molar-refractivity contribution in [2.45, 2.75) is 71.1 Å². The van der Waals surface area contributed by atoms with Gasteiger partial charge in [0, 0.05) is 0 Å². The fraction of sp³-hybridized carbons (Fsp3) is 1.00. The molecule has 0 fully saturated rings. The molecule has 0 spiro atoms. The summed E-state index contributed by atoms with van der Waals surface area (Å²) in [4.78, 5) is 35.0. The lowest BCUT2D eigenvalue weighted by Gasteiger charge is -2.16. The molecule has 0 aromatic rings. The van der Waals surface area contributed by atoms with E-state index in [4.69, 9.17) is 14.7 Å². The predicted molar refractivity (Wildman–Crippen MR) is 91.7 cm³/mol. The van der Waals surface area contributed by atoms with E-state index in [0.29, 0.717) is 6.42 Å². The highest BCUT2D eigenvalue weighted by Gasteiger charge is 2.40. The van der Waals surface area contributed by atoms with Crippen molar-refractivity contribution in [3.8, 4) is 0 Å². The summed E-state index contributed by atoms with van der Waals surface area (Å²) in [6.45, 7) is 1.97. The summed E-state index contributed by atoms with van der Waals surface area (Å²) >= 11 is 0. The largest absolute Gasteiger partial charge is 0.490 e. The Hall–Kier alpha value is 0.410. The van der Waals surface area contributed by atoms with E-state index in [0.717, 1.165) is 25.7 Å². The van der Waals surface area contributed by atoms with Crippen LogP contribution in [0.15, 0.2) is 0 Å². The van der Waals surface area contributed by atoms with Crippen molar-refractivity contribution in [1.29, 1.82) is 0 Å². The summed E-state index contributed by atoms with van der Waals surface area (Å²) in [5, 5.41) is 0. The zero-order valence-electron chi connectivity index (χ0n) is 14.4. The van der Waals surface area contributed by atoms with Crippen molar-refractivity contribution in [3.63, 3.8) is 0 Å². The molecule has 0 heterocycles. The first kappa shape index (κ1) is 25.4. The molecular weight excluding hydrogens is 397 g/mol. The molecule has 0 saturated heterocycles. The Bertz CT molecular complexity index is 492. The van der Waals surface area contributed by atoms with E-state index in [2.05, 4.69) is 20.1 Å². The highest BCUT2D eigenvalue weighted by atomic mass is 31.3. The van der Waals surface area contributed by atoms with Crippen molar-refractivity contribution < 1.29 is 46.4 Å². The number of phosphoric acid groups is 3. The molecule has 13 heteroatoms. The van der Waals surface area contributed by atoms with Gasteiger partial charge in [0.15, 0.2) is 0 Å². The molecule has 25 heavy (non-hydrogen) atoms. The van der Waals surface area contributed by atoms with Crippen LogP contribution >= 0.6 is 23.5 Å². The summed E-state index contributed by atoms with van der Waals surface area (Å²) in [5.41, 5.74) is 0. The van der Waals surface area contributed by atoms with Crippen molar-refractivity contribution in [3.05, 3.63) is 0 Å². The summed E-state index contributed by atoms with van der Waals surface area (Å²) in [6.07, 6.45) is 10.5. The van der Waals surface area contributed by atoms with Gasteiger partial charge >= 0.3 is 23.5 Å². The maximum absolute atomic E-state index is 11.4. The molecule has 0 amide bonds. The topological polar surface area (TPSA) is 160 Å². The molecule has 0 aromatic carbocycles. The Labute approximate surface area is 148 Å². The molecule has 0 radical (unpaired) electrons. The van der Waals surface area contributed by atoms with Crippen LogP contribution in [0.2, 0.25) is 0 Å². The normalized spacial score (nSPS) is 17.2. The van der Waals surface area contributed by atoms with Crippen molar-refractivity contribution in [2.75, 3.05) is 6.61 Å². The van der Waals surface area contributed by atoms with E-state index in [1.165, 1.54) is 32.1 Å². The van der Waals surface area contributed by atoms with Crippen LogP contribution in [0.25, 0.3) is 0 Å². The van der Waals surface area contributed by atoms with Gasteiger partial charge in [-0.3, -0.25) is 4.52 Å². The third-order valence-corrected chi connectivity index (χ3v) is 7.00. The molecule has 0 aliphatic heterocycles. The fourth-order valence-electron chi connectivity index (χ4n) is 2.07. The Morgan fingerprint density at radius 3 is 1.52 bits per heavy atom. The van der Waals surface area contributed by atoms with Crippen LogP contribution in [0.3, 0.4) is 0 Å². The van der Waals surface area contributed by atoms with Gasteiger partial charge in [-0.2, -0.15) is 8.62 Å². The molecule has 2 atom stereocenters. The second-order valence-electron chi connectivity index (χ2n) is 5.61. The van der Waals surface area contributed by atoms with Crippen LogP contribution in [-0.4, -0.2) is 26.2 Å². The molecule has 2 unspecified atom stereocenters. The fourth-order valence-corrected chi connectivity index (χ4v) is 5.13. The molecule has 0 bridgehead atoms. The summed E-state index contributed by atoms with van der Waals surface area (Å²) in [5.74, 6) is 0. The number of hydrogen-bond donors (Lipinski definition) is 4. The van der Waals surface area contributed by atoms with Crippen molar-refractivity contribution in [1.82, 2.24) is 0 Å². The van der Waals surface area contributed by atoms with Gasteiger partial charge in [-0.05, 0) is 6.42 Å². The van der Waals surface area contributed by atoms with Crippen LogP contribution in [0.1, 0.15) is 71.1 Å². The van der Waals surface area contributed by atoms with E-state index >= 15 is 0 Å². The van der Waals surface area contributed by atoms with Crippen LogP contribution in [0.5, 0.6) is 0 Å². The number of phosphoric ester groups is 1. The van der Waals surface area contributed by atoms with Crippen LogP contribution in [0.4, 0.5) is 0 Å². The Balaban J connectivity index is 3.77. The molecule has 0 rings (SSSR count). The molecule has 0 aliphatic rings. The number of unbranched alkanes of at least 4 members (excludes halogenated alkanes) is 9. The van der Waals surface area contributed by atoms with Gasteiger partial charge in [0.25, 0.3) is 0 Å². The van der Waals surface area contributed by atoms with Crippen LogP contribution in [0, 0.1) is 0 Å². The number of rotatable bonds is 16. The molecule has 0 aliphatic carbocycles. The minimum absolute atomic E-state index is 0.194. The summed E-state index contributed by atoms with van der Waals surface area (Å²) in [7, 11) is -15.7. The van der Waals surface area contributed by atoms with Crippen molar-refractivity contribution in [2.24, 2.45) is 0 Å². The van der Waals surface area contributed by atoms with E-state index < -0.39 is 23.5 Å². The quantitative estimate of drug-likeness (QED) is 0.207. The van der Waals surface area contributed by atoms with E-state index in [9.17, 15) is 18.6 Å². The predicted octanol–water partition coefficient (Wildman–Crippen LogP) is 4.25. The first-order valence-corrected chi connectivity index (χ1v) is 12.8. The highest BCUT2D eigenvalue weighted by molar-refractivity contribution is 7.66. The lowest BCUT2D eigenvalue weighted by atomic mass is 10.1. The molecular formula is C12H29O10P3. The van der Waals surface area contributed by atoms with Gasteiger partial charge < -0.3 is 19.6 Å². The molecule has 0 aromatic heterocycles. The lowest BCUT2D eigenvalue weighted by molar-refractivity contribution is 0.170. The van der Waals surface area contributed by atoms with Gasteiger partial charge in [-0.15, -0.1) is 0 Å². The average molecular weight is 426 g/mol. The van der Waals surface area contributed by atoms with Crippen LogP contribution < -0.4 is 0 Å². The summed E-state index contributed by atoms with van der Waals surface area (Å²) < 4.78 is 44.7. The standard InChI is InChI=1S/C12H29O10P3/c1-2-3-4-5-6-7-8-9-10-11-12-20-24(16,17)22-25(18,19)21-23(13,14)15/h2-12H2,1H3,(H,16,17)(H,18,19)(H2,13,14,15). The smallest absolute Gasteiger partial charge is 0.302 e. The molecule has 4 N–H and O–H groups in total. The number of hydrogen-bond acceptors (Lipinski definition) is 6. The van der Waals surface area contributed by atoms with E-state index in [-0.39, 0.29) is 6.61 Å². The zero-order chi connectivity index (χ0) is 19.4. The van der Waals surface area contributed by atoms with Gasteiger partial charge in [0.05, 0.1) is 6.61 Å². The van der Waals surface area contributed by atoms with Gasteiger partial charge in [0.2, 0.25) is 0 Å². The minimum atomic E-state index is -5.42. The molecule has 10 nitrogen and oxygen atoms in total. The summed E-state index contributed by atoms with van der Waals surface area (Å²) in [6, 6.07) is 0. The minimum Gasteiger partial charge on any atom is -0.302 e. The first-order valence-electron chi connectivity index (χ1n) is 8.26. The van der Waals surface area contributed by atoms with Gasteiger partial charge in [-0.1, -0.05) is 64.7 Å². The zero-order valence-corrected chi connectivity index (χ0v) is 17.0.